The zero-order valence-corrected chi connectivity index (χ0v) is 19.0. The van der Waals surface area contributed by atoms with E-state index in [-0.39, 0.29) is 11.5 Å². The summed E-state index contributed by atoms with van der Waals surface area (Å²) in [4.78, 5) is 13.6. The summed E-state index contributed by atoms with van der Waals surface area (Å²) in [5, 5.41) is 9.40. The predicted octanol–water partition coefficient (Wildman–Crippen LogP) is 5.15. The van der Waals surface area contributed by atoms with E-state index in [1.165, 1.54) is 4.90 Å². The first-order valence-electron chi connectivity index (χ1n) is 9.50. The van der Waals surface area contributed by atoms with E-state index in [4.69, 9.17) is 9.47 Å². The molecule has 0 aliphatic rings. The predicted molar refractivity (Wildman–Crippen MR) is 122 cm³/mol. The highest BCUT2D eigenvalue weighted by Crippen LogP contribution is 2.35. The SMILES string of the molecule is C=CCc1cc(/C=C(/C#N)C(=O)N(C)C)cc(OCC)c1OCc1ccc(Br)cc1. The molecule has 30 heavy (non-hydrogen) atoms. The third kappa shape index (κ3) is 6.23. The Balaban J connectivity index is 2.45. The van der Waals surface area contributed by atoms with Crippen LogP contribution in [-0.4, -0.2) is 31.5 Å². The van der Waals surface area contributed by atoms with E-state index in [1.807, 2.05) is 43.3 Å². The molecule has 0 saturated carbocycles. The zero-order valence-electron chi connectivity index (χ0n) is 17.4. The lowest BCUT2D eigenvalue weighted by Crippen LogP contribution is -2.22. The Morgan fingerprint density at radius 3 is 2.50 bits per heavy atom. The molecule has 0 aromatic heterocycles. The second kappa shape index (κ2) is 11.2. The third-order valence-electron chi connectivity index (χ3n) is 4.18. The van der Waals surface area contributed by atoms with Crippen molar-refractivity contribution in [2.75, 3.05) is 20.7 Å². The quantitative estimate of drug-likeness (QED) is 0.290. The zero-order chi connectivity index (χ0) is 22.1. The number of nitriles is 1. The fourth-order valence-corrected chi connectivity index (χ4v) is 3.05. The highest BCUT2D eigenvalue weighted by atomic mass is 79.9. The fraction of sp³-hybridized carbons (Fsp3) is 0.250. The van der Waals surface area contributed by atoms with Gasteiger partial charge in [0.25, 0.3) is 5.91 Å². The number of halogens is 1. The van der Waals surface area contributed by atoms with Gasteiger partial charge in [0.2, 0.25) is 0 Å². The molecule has 0 unspecified atom stereocenters. The number of amides is 1. The Morgan fingerprint density at radius 1 is 1.23 bits per heavy atom. The average Bonchev–Trinajstić information content (AvgIpc) is 2.72. The van der Waals surface area contributed by atoms with Crippen LogP contribution in [0.15, 0.2) is 59.1 Å². The van der Waals surface area contributed by atoms with Crippen molar-refractivity contribution in [2.45, 2.75) is 20.0 Å². The van der Waals surface area contributed by atoms with Gasteiger partial charge in [-0.25, -0.2) is 0 Å². The Morgan fingerprint density at radius 2 is 1.93 bits per heavy atom. The standard InChI is InChI=1S/C24H25BrN2O3/c1-5-7-19-12-18(13-20(15-26)24(28)27(3)4)14-22(29-6-2)23(19)30-16-17-8-10-21(25)11-9-17/h5,8-14H,1,6-7,16H2,2-4H3/b20-13-. The van der Waals surface area contributed by atoms with E-state index in [0.29, 0.717) is 36.7 Å². The monoisotopic (exact) mass is 468 g/mol. The van der Waals surface area contributed by atoms with E-state index in [2.05, 4.69) is 22.5 Å². The Hall–Kier alpha value is -3.04. The molecule has 2 aromatic rings. The first kappa shape index (κ1) is 23.2. The molecule has 0 spiro atoms. The number of carbonyl (C=O) groups is 1. The Labute approximate surface area is 186 Å². The first-order valence-corrected chi connectivity index (χ1v) is 10.3. The maximum atomic E-state index is 12.2. The molecule has 0 N–H and O–H groups in total. The summed E-state index contributed by atoms with van der Waals surface area (Å²) < 4.78 is 12.9. The molecule has 156 valence electrons. The van der Waals surface area contributed by atoms with Gasteiger partial charge in [-0.3, -0.25) is 4.79 Å². The topological polar surface area (TPSA) is 62.6 Å². The van der Waals surface area contributed by atoms with Crippen LogP contribution in [0.1, 0.15) is 23.6 Å². The van der Waals surface area contributed by atoms with Crippen molar-refractivity contribution in [1.82, 2.24) is 4.90 Å². The van der Waals surface area contributed by atoms with E-state index in [0.717, 1.165) is 15.6 Å². The Kier molecular flexibility index (Phi) is 8.70. The summed E-state index contributed by atoms with van der Waals surface area (Å²) in [6.07, 6.45) is 3.90. The summed E-state index contributed by atoms with van der Waals surface area (Å²) in [5.74, 6) is 0.848. The lowest BCUT2D eigenvalue weighted by Gasteiger charge is -2.17. The van der Waals surface area contributed by atoms with Crippen LogP contribution in [0.4, 0.5) is 0 Å². The van der Waals surface area contributed by atoms with Crippen molar-refractivity contribution < 1.29 is 14.3 Å². The molecule has 5 nitrogen and oxygen atoms in total. The third-order valence-corrected chi connectivity index (χ3v) is 4.71. The van der Waals surface area contributed by atoms with E-state index >= 15 is 0 Å². The molecule has 6 heteroatoms. The molecule has 1 amide bonds. The normalized spacial score (nSPS) is 10.8. The van der Waals surface area contributed by atoms with Crippen LogP contribution < -0.4 is 9.47 Å². The maximum absolute atomic E-state index is 12.2. The van der Waals surface area contributed by atoms with Gasteiger partial charge in [-0.15, -0.1) is 6.58 Å². The first-order chi connectivity index (χ1) is 14.4. The molecule has 0 fully saturated rings. The minimum atomic E-state index is -0.351. The van der Waals surface area contributed by atoms with E-state index < -0.39 is 0 Å². The molecule has 0 aliphatic heterocycles. The van der Waals surface area contributed by atoms with Crippen molar-refractivity contribution >= 4 is 27.9 Å². The van der Waals surface area contributed by atoms with Crippen molar-refractivity contribution in [1.29, 1.82) is 5.26 Å². The second-order valence-electron chi connectivity index (χ2n) is 6.72. The lowest BCUT2D eigenvalue weighted by atomic mass is 10.0. The minimum Gasteiger partial charge on any atom is -0.490 e. The van der Waals surface area contributed by atoms with Crippen LogP contribution >= 0.6 is 15.9 Å². The van der Waals surface area contributed by atoms with Gasteiger partial charge in [-0.05, 0) is 54.8 Å². The number of ether oxygens (including phenoxy) is 2. The van der Waals surface area contributed by atoms with Gasteiger partial charge in [0.15, 0.2) is 11.5 Å². The van der Waals surface area contributed by atoms with Crippen LogP contribution in [0.2, 0.25) is 0 Å². The van der Waals surface area contributed by atoms with Gasteiger partial charge < -0.3 is 14.4 Å². The van der Waals surface area contributed by atoms with Gasteiger partial charge in [0, 0.05) is 24.1 Å². The number of benzene rings is 2. The van der Waals surface area contributed by atoms with Crippen LogP contribution in [0.3, 0.4) is 0 Å². The van der Waals surface area contributed by atoms with Gasteiger partial charge in [0.1, 0.15) is 18.2 Å². The van der Waals surface area contributed by atoms with Crippen LogP contribution in [0.5, 0.6) is 11.5 Å². The van der Waals surface area contributed by atoms with Gasteiger partial charge >= 0.3 is 0 Å². The minimum absolute atomic E-state index is 0.0514. The number of likely N-dealkylation sites (N-methyl/N-ethyl adjacent to an activating group) is 1. The fourth-order valence-electron chi connectivity index (χ4n) is 2.79. The second-order valence-corrected chi connectivity index (χ2v) is 7.63. The molecule has 0 radical (unpaired) electrons. The highest BCUT2D eigenvalue weighted by Gasteiger charge is 2.16. The van der Waals surface area contributed by atoms with Crippen LogP contribution in [-0.2, 0) is 17.8 Å². The number of allylic oxidation sites excluding steroid dienone is 1. The van der Waals surface area contributed by atoms with Crippen LogP contribution in [0, 0.1) is 11.3 Å². The van der Waals surface area contributed by atoms with Gasteiger partial charge in [0.05, 0.1) is 6.61 Å². The van der Waals surface area contributed by atoms with Gasteiger partial charge in [-0.1, -0.05) is 34.1 Å². The molecular formula is C24H25BrN2O3. The van der Waals surface area contributed by atoms with Gasteiger partial charge in [-0.2, -0.15) is 5.26 Å². The average molecular weight is 469 g/mol. The van der Waals surface area contributed by atoms with E-state index in [9.17, 15) is 10.1 Å². The molecular weight excluding hydrogens is 444 g/mol. The van der Waals surface area contributed by atoms with Crippen molar-refractivity contribution in [2.24, 2.45) is 0 Å². The number of hydrogen-bond acceptors (Lipinski definition) is 4. The lowest BCUT2D eigenvalue weighted by molar-refractivity contribution is -0.124. The number of carbonyl (C=O) groups excluding carboxylic acids is 1. The summed E-state index contributed by atoms with van der Waals surface area (Å²) in [6.45, 7) is 6.56. The molecule has 0 saturated heterocycles. The smallest absolute Gasteiger partial charge is 0.264 e. The molecule has 2 aromatic carbocycles. The van der Waals surface area contributed by atoms with Crippen molar-refractivity contribution in [3.63, 3.8) is 0 Å². The molecule has 0 heterocycles. The Bertz CT molecular complexity index is 973. The number of hydrogen-bond donors (Lipinski definition) is 0. The molecule has 0 atom stereocenters. The van der Waals surface area contributed by atoms with E-state index in [1.54, 1.807) is 32.3 Å². The van der Waals surface area contributed by atoms with Crippen molar-refractivity contribution in [3.05, 3.63) is 75.8 Å². The molecule has 2 rings (SSSR count). The van der Waals surface area contributed by atoms with Crippen LogP contribution in [0.25, 0.3) is 6.08 Å². The summed E-state index contributed by atoms with van der Waals surface area (Å²) in [7, 11) is 3.22. The molecule has 0 aliphatic carbocycles. The maximum Gasteiger partial charge on any atom is 0.264 e. The summed E-state index contributed by atoms with van der Waals surface area (Å²) in [6, 6.07) is 13.6. The number of nitrogens with zero attached hydrogens (tertiary/aromatic N) is 2. The number of rotatable bonds is 9. The van der Waals surface area contributed by atoms with Crippen molar-refractivity contribution in [3.8, 4) is 17.6 Å². The largest absolute Gasteiger partial charge is 0.490 e. The molecule has 0 bridgehead atoms. The highest BCUT2D eigenvalue weighted by molar-refractivity contribution is 9.10. The summed E-state index contributed by atoms with van der Waals surface area (Å²) in [5.41, 5.74) is 2.64. The summed E-state index contributed by atoms with van der Waals surface area (Å²) >= 11 is 3.43.